The van der Waals surface area contributed by atoms with Crippen LogP contribution in [0.15, 0.2) is 0 Å². The zero-order chi connectivity index (χ0) is 13.2. The van der Waals surface area contributed by atoms with Crippen molar-refractivity contribution in [3.05, 3.63) is 0 Å². The Bertz CT molecular complexity index is 192. The molecule has 1 heterocycles. The summed E-state index contributed by atoms with van der Waals surface area (Å²) < 4.78 is 11.2. The first kappa shape index (κ1) is 15.9. The lowest BCUT2D eigenvalue weighted by Crippen LogP contribution is -2.47. The van der Waals surface area contributed by atoms with Crippen LogP contribution < -0.4 is 5.32 Å². The Labute approximate surface area is 112 Å². The first-order valence-electron chi connectivity index (χ1n) is 7.38. The van der Waals surface area contributed by atoms with Gasteiger partial charge in [0.1, 0.15) is 0 Å². The minimum Gasteiger partial charge on any atom is -0.380 e. The van der Waals surface area contributed by atoms with Crippen molar-refractivity contribution in [2.45, 2.75) is 45.8 Å². The molecule has 1 saturated heterocycles. The number of unbranched alkanes of at least 4 members (excludes halogenated alkanes) is 1. The van der Waals surface area contributed by atoms with E-state index in [1.807, 2.05) is 0 Å². The fourth-order valence-electron chi connectivity index (χ4n) is 2.32. The van der Waals surface area contributed by atoms with Gasteiger partial charge in [-0.05, 0) is 20.3 Å². The predicted octanol–water partition coefficient (Wildman–Crippen LogP) is 1.50. The molecule has 1 aliphatic rings. The molecule has 0 spiro atoms. The van der Waals surface area contributed by atoms with E-state index in [1.165, 1.54) is 12.8 Å². The highest BCUT2D eigenvalue weighted by Gasteiger charge is 2.21. The maximum atomic E-state index is 5.72. The Hall–Kier alpha value is -0.160. The van der Waals surface area contributed by atoms with E-state index in [4.69, 9.17) is 9.47 Å². The van der Waals surface area contributed by atoms with Gasteiger partial charge in [0.15, 0.2) is 0 Å². The van der Waals surface area contributed by atoms with Gasteiger partial charge in [0.05, 0.1) is 18.8 Å². The van der Waals surface area contributed by atoms with Gasteiger partial charge in [-0.25, -0.2) is 0 Å². The van der Waals surface area contributed by atoms with Crippen LogP contribution in [0.5, 0.6) is 0 Å². The molecule has 0 amide bonds. The molecule has 0 aromatic rings. The molecule has 18 heavy (non-hydrogen) atoms. The van der Waals surface area contributed by atoms with Crippen molar-refractivity contribution in [3.8, 4) is 0 Å². The van der Waals surface area contributed by atoms with E-state index < -0.39 is 0 Å². The van der Waals surface area contributed by atoms with E-state index in [0.717, 1.165) is 45.9 Å². The maximum absolute atomic E-state index is 5.72. The minimum atomic E-state index is 0.367. The van der Waals surface area contributed by atoms with Crippen LogP contribution in [-0.4, -0.2) is 63.0 Å². The molecule has 0 saturated carbocycles. The fraction of sp³-hybridized carbons (Fsp3) is 1.00. The molecule has 2 atom stereocenters. The molecular formula is C14H30N2O2. The number of rotatable bonds is 9. The number of nitrogens with zero attached hydrogens (tertiary/aromatic N) is 1. The van der Waals surface area contributed by atoms with Crippen LogP contribution in [0.2, 0.25) is 0 Å². The van der Waals surface area contributed by atoms with Gasteiger partial charge in [-0.2, -0.15) is 0 Å². The Balaban J connectivity index is 1.91. The second-order valence-corrected chi connectivity index (χ2v) is 5.23. The van der Waals surface area contributed by atoms with Crippen molar-refractivity contribution in [1.82, 2.24) is 10.2 Å². The summed E-state index contributed by atoms with van der Waals surface area (Å²) >= 11 is 0. The highest BCUT2D eigenvalue weighted by molar-refractivity contribution is 4.73. The summed E-state index contributed by atoms with van der Waals surface area (Å²) in [6.07, 6.45) is 3.11. The molecule has 4 nitrogen and oxygen atoms in total. The third-order valence-electron chi connectivity index (χ3n) is 3.17. The molecule has 4 heteroatoms. The van der Waals surface area contributed by atoms with Gasteiger partial charge in [0.25, 0.3) is 0 Å². The van der Waals surface area contributed by atoms with Crippen LogP contribution >= 0.6 is 0 Å². The fourth-order valence-corrected chi connectivity index (χ4v) is 2.32. The Morgan fingerprint density at radius 3 is 2.56 bits per heavy atom. The number of hydrogen-bond acceptors (Lipinski definition) is 4. The molecule has 1 N–H and O–H groups in total. The summed E-state index contributed by atoms with van der Waals surface area (Å²) in [5.74, 6) is 0. The molecule has 0 aliphatic carbocycles. The van der Waals surface area contributed by atoms with Crippen molar-refractivity contribution in [2.75, 3.05) is 45.9 Å². The Morgan fingerprint density at radius 1 is 1.17 bits per heavy atom. The number of morpholine rings is 1. The molecule has 0 radical (unpaired) electrons. The number of hydrogen-bond donors (Lipinski definition) is 1. The molecule has 0 aromatic heterocycles. The zero-order valence-electron chi connectivity index (χ0n) is 12.3. The van der Waals surface area contributed by atoms with Crippen LogP contribution in [-0.2, 0) is 9.47 Å². The summed E-state index contributed by atoms with van der Waals surface area (Å²) in [5, 5.41) is 3.43. The smallest absolute Gasteiger partial charge is 0.0678 e. The summed E-state index contributed by atoms with van der Waals surface area (Å²) in [6.45, 7) is 13.4. The van der Waals surface area contributed by atoms with Gasteiger partial charge in [0.2, 0.25) is 0 Å². The van der Waals surface area contributed by atoms with Crippen LogP contribution in [0, 0.1) is 0 Å². The monoisotopic (exact) mass is 258 g/mol. The lowest BCUT2D eigenvalue weighted by molar-refractivity contribution is -0.0674. The topological polar surface area (TPSA) is 33.7 Å². The van der Waals surface area contributed by atoms with Crippen molar-refractivity contribution >= 4 is 0 Å². The van der Waals surface area contributed by atoms with E-state index in [2.05, 4.69) is 31.0 Å². The van der Waals surface area contributed by atoms with Gasteiger partial charge in [-0.1, -0.05) is 13.3 Å². The second kappa shape index (κ2) is 9.73. The van der Waals surface area contributed by atoms with Gasteiger partial charge in [-0.15, -0.1) is 0 Å². The first-order valence-corrected chi connectivity index (χ1v) is 7.38. The molecule has 1 aliphatic heterocycles. The zero-order valence-corrected chi connectivity index (χ0v) is 12.3. The highest BCUT2D eigenvalue weighted by atomic mass is 16.5. The Kier molecular flexibility index (Phi) is 8.59. The Morgan fingerprint density at radius 2 is 1.89 bits per heavy atom. The quantitative estimate of drug-likeness (QED) is 0.636. The van der Waals surface area contributed by atoms with Crippen molar-refractivity contribution in [2.24, 2.45) is 0 Å². The van der Waals surface area contributed by atoms with Crippen LogP contribution in [0.4, 0.5) is 0 Å². The SMILES string of the molecule is CCCCOCCNCCN1C[C@@H](C)O[C@@H](C)C1. The average molecular weight is 258 g/mol. The number of ether oxygens (including phenoxy) is 2. The predicted molar refractivity (Wildman–Crippen MR) is 75.0 cm³/mol. The molecule has 108 valence electrons. The normalized spacial score (nSPS) is 25.5. The lowest BCUT2D eigenvalue weighted by atomic mass is 10.2. The molecular weight excluding hydrogens is 228 g/mol. The molecule has 0 unspecified atom stereocenters. The third kappa shape index (κ3) is 7.31. The van der Waals surface area contributed by atoms with Crippen LogP contribution in [0.3, 0.4) is 0 Å². The molecule has 0 bridgehead atoms. The first-order chi connectivity index (χ1) is 8.72. The summed E-state index contributed by atoms with van der Waals surface area (Å²) in [7, 11) is 0. The highest BCUT2D eigenvalue weighted by Crippen LogP contribution is 2.09. The van der Waals surface area contributed by atoms with E-state index in [9.17, 15) is 0 Å². The van der Waals surface area contributed by atoms with Gasteiger partial charge in [0, 0.05) is 39.3 Å². The summed E-state index contributed by atoms with van der Waals surface area (Å²) in [4.78, 5) is 2.48. The van der Waals surface area contributed by atoms with E-state index in [-0.39, 0.29) is 0 Å². The minimum absolute atomic E-state index is 0.367. The van der Waals surface area contributed by atoms with Crippen molar-refractivity contribution < 1.29 is 9.47 Å². The second-order valence-electron chi connectivity index (χ2n) is 5.23. The largest absolute Gasteiger partial charge is 0.380 e. The summed E-state index contributed by atoms with van der Waals surface area (Å²) in [6, 6.07) is 0. The summed E-state index contributed by atoms with van der Waals surface area (Å²) in [5.41, 5.74) is 0. The van der Waals surface area contributed by atoms with Gasteiger partial charge >= 0.3 is 0 Å². The number of nitrogens with one attached hydrogen (secondary N) is 1. The lowest BCUT2D eigenvalue weighted by Gasteiger charge is -2.35. The van der Waals surface area contributed by atoms with Crippen molar-refractivity contribution in [3.63, 3.8) is 0 Å². The van der Waals surface area contributed by atoms with Crippen LogP contribution in [0.1, 0.15) is 33.6 Å². The molecule has 1 fully saturated rings. The maximum Gasteiger partial charge on any atom is 0.0678 e. The average Bonchev–Trinajstić information content (AvgIpc) is 2.31. The molecule has 0 aromatic carbocycles. The van der Waals surface area contributed by atoms with E-state index in [0.29, 0.717) is 12.2 Å². The van der Waals surface area contributed by atoms with Gasteiger partial charge < -0.3 is 14.8 Å². The van der Waals surface area contributed by atoms with E-state index in [1.54, 1.807) is 0 Å². The third-order valence-corrected chi connectivity index (χ3v) is 3.17. The van der Waals surface area contributed by atoms with Crippen LogP contribution in [0.25, 0.3) is 0 Å². The van der Waals surface area contributed by atoms with Gasteiger partial charge in [-0.3, -0.25) is 4.90 Å². The van der Waals surface area contributed by atoms with Crippen molar-refractivity contribution in [1.29, 1.82) is 0 Å². The standard InChI is InChI=1S/C14H30N2O2/c1-4-5-9-17-10-7-15-6-8-16-11-13(2)18-14(3)12-16/h13-15H,4-12H2,1-3H3/t13-,14+. The van der Waals surface area contributed by atoms with E-state index >= 15 is 0 Å². The molecule has 1 rings (SSSR count).